The van der Waals surface area contributed by atoms with Crippen LogP contribution in [0.1, 0.15) is 39.0 Å². The average Bonchev–Trinajstić information content (AvgIpc) is 2.26. The summed E-state index contributed by atoms with van der Waals surface area (Å²) in [6.45, 7) is 7.92. The van der Waals surface area contributed by atoms with Gasteiger partial charge in [0.2, 0.25) is 0 Å². The minimum atomic E-state index is -0.506. The zero-order valence-electron chi connectivity index (χ0n) is 11.6. The van der Waals surface area contributed by atoms with Gasteiger partial charge < -0.3 is 9.64 Å². The highest BCUT2D eigenvalue weighted by Crippen LogP contribution is 2.27. The number of ether oxygens (including phenoxy) is 1. The first kappa shape index (κ1) is 14.1. The zero-order chi connectivity index (χ0) is 14.2. The third-order valence-electron chi connectivity index (χ3n) is 2.96. The molecule has 0 spiro atoms. The fourth-order valence-electron chi connectivity index (χ4n) is 2.04. The molecule has 0 aliphatic carbocycles. The van der Waals surface area contributed by atoms with Crippen LogP contribution in [-0.4, -0.2) is 32.6 Å². The first-order chi connectivity index (χ1) is 8.78. The summed E-state index contributed by atoms with van der Waals surface area (Å²) in [5, 5.41) is 0.408. The first-order valence-electron chi connectivity index (χ1n) is 6.26. The molecule has 0 radical (unpaired) electrons. The molecule has 1 aliphatic rings. The van der Waals surface area contributed by atoms with Gasteiger partial charge in [-0.1, -0.05) is 11.6 Å². The molecular formula is C13H18ClN3O2. The van der Waals surface area contributed by atoms with Crippen molar-refractivity contribution >= 4 is 17.7 Å². The van der Waals surface area contributed by atoms with E-state index in [1.165, 1.54) is 6.33 Å². The van der Waals surface area contributed by atoms with Gasteiger partial charge in [-0.25, -0.2) is 14.8 Å². The number of hydrogen-bond acceptors (Lipinski definition) is 4. The van der Waals surface area contributed by atoms with Gasteiger partial charge in [0.25, 0.3) is 0 Å². The SMILES string of the molecule is CC1Cc2ncnc(Cl)c2CN1C(=O)OC(C)(C)C. The Hall–Kier alpha value is -1.36. The lowest BCUT2D eigenvalue weighted by Gasteiger charge is -2.35. The van der Waals surface area contributed by atoms with Crippen LogP contribution in [-0.2, 0) is 17.7 Å². The minimum absolute atomic E-state index is 0.0355. The van der Waals surface area contributed by atoms with Crippen molar-refractivity contribution < 1.29 is 9.53 Å². The fourth-order valence-corrected chi connectivity index (χ4v) is 2.25. The summed E-state index contributed by atoms with van der Waals surface area (Å²) < 4.78 is 5.41. The van der Waals surface area contributed by atoms with Crippen LogP contribution in [0.2, 0.25) is 5.15 Å². The predicted octanol–water partition coefficient (Wildman–Crippen LogP) is 2.81. The topological polar surface area (TPSA) is 55.3 Å². The predicted molar refractivity (Wildman–Crippen MR) is 72.0 cm³/mol. The lowest BCUT2D eigenvalue weighted by molar-refractivity contribution is 0.0136. The van der Waals surface area contributed by atoms with E-state index in [0.29, 0.717) is 18.1 Å². The average molecular weight is 284 g/mol. The lowest BCUT2D eigenvalue weighted by Crippen LogP contribution is -2.45. The third-order valence-corrected chi connectivity index (χ3v) is 3.29. The molecule has 1 amide bonds. The molecule has 5 nitrogen and oxygen atoms in total. The molecule has 0 aromatic carbocycles. The van der Waals surface area contributed by atoms with Gasteiger partial charge in [0, 0.05) is 18.0 Å². The summed E-state index contributed by atoms with van der Waals surface area (Å²) >= 11 is 6.06. The van der Waals surface area contributed by atoms with E-state index in [9.17, 15) is 4.79 Å². The van der Waals surface area contributed by atoms with Crippen molar-refractivity contribution in [1.29, 1.82) is 0 Å². The molecule has 1 unspecified atom stereocenters. The van der Waals surface area contributed by atoms with Crippen LogP contribution in [0.25, 0.3) is 0 Å². The van der Waals surface area contributed by atoms with Crippen molar-refractivity contribution in [2.45, 2.75) is 52.3 Å². The van der Waals surface area contributed by atoms with E-state index in [4.69, 9.17) is 16.3 Å². The van der Waals surface area contributed by atoms with Crippen molar-refractivity contribution in [1.82, 2.24) is 14.9 Å². The summed E-state index contributed by atoms with van der Waals surface area (Å²) in [4.78, 5) is 22.0. The second kappa shape index (κ2) is 4.96. The molecule has 1 aromatic rings. The van der Waals surface area contributed by atoms with Gasteiger partial charge in [0.15, 0.2) is 0 Å². The highest BCUT2D eigenvalue weighted by Gasteiger charge is 2.32. The number of aromatic nitrogens is 2. The Bertz CT molecular complexity index is 499. The number of carbonyl (C=O) groups is 1. The lowest BCUT2D eigenvalue weighted by atomic mass is 10.0. The van der Waals surface area contributed by atoms with Crippen LogP contribution in [0.5, 0.6) is 0 Å². The normalized spacial score (nSPS) is 19.0. The van der Waals surface area contributed by atoms with E-state index in [2.05, 4.69) is 9.97 Å². The number of hydrogen-bond donors (Lipinski definition) is 0. The van der Waals surface area contributed by atoms with Gasteiger partial charge in [-0.05, 0) is 27.7 Å². The number of nitrogens with zero attached hydrogens (tertiary/aromatic N) is 3. The van der Waals surface area contributed by atoms with Gasteiger partial charge in [-0.15, -0.1) is 0 Å². The second-order valence-corrected chi connectivity index (χ2v) is 6.11. The molecule has 1 atom stereocenters. The third kappa shape index (κ3) is 3.15. The monoisotopic (exact) mass is 283 g/mol. The molecule has 104 valence electrons. The number of rotatable bonds is 0. The van der Waals surface area contributed by atoms with Gasteiger partial charge in [-0.2, -0.15) is 0 Å². The van der Waals surface area contributed by atoms with Crippen LogP contribution in [0.3, 0.4) is 0 Å². The highest BCUT2D eigenvalue weighted by atomic mass is 35.5. The second-order valence-electron chi connectivity index (χ2n) is 5.75. The van der Waals surface area contributed by atoms with Crippen LogP contribution < -0.4 is 0 Å². The standard InChI is InChI=1S/C13H18ClN3O2/c1-8-5-10-9(11(14)16-7-15-10)6-17(8)12(18)19-13(2,3)4/h7-8H,5-6H2,1-4H3. The van der Waals surface area contributed by atoms with E-state index in [1.54, 1.807) is 4.90 Å². The highest BCUT2D eigenvalue weighted by molar-refractivity contribution is 6.30. The van der Waals surface area contributed by atoms with E-state index in [0.717, 1.165) is 11.3 Å². The Morgan fingerprint density at radius 2 is 2.16 bits per heavy atom. The molecule has 0 saturated carbocycles. The van der Waals surface area contributed by atoms with Crippen molar-refractivity contribution in [3.63, 3.8) is 0 Å². The van der Waals surface area contributed by atoms with Crippen molar-refractivity contribution in [2.75, 3.05) is 0 Å². The van der Waals surface area contributed by atoms with Gasteiger partial charge >= 0.3 is 6.09 Å². The van der Waals surface area contributed by atoms with E-state index >= 15 is 0 Å². The molecular weight excluding hydrogens is 266 g/mol. The van der Waals surface area contributed by atoms with E-state index in [1.807, 2.05) is 27.7 Å². The molecule has 0 N–H and O–H groups in total. The van der Waals surface area contributed by atoms with Gasteiger partial charge in [0.05, 0.1) is 12.2 Å². The van der Waals surface area contributed by atoms with Crippen molar-refractivity contribution in [3.8, 4) is 0 Å². The Kier molecular flexibility index (Phi) is 3.67. The zero-order valence-corrected chi connectivity index (χ0v) is 12.4. The first-order valence-corrected chi connectivity index (χ1v) is 6.63. The maximum atomic E-state index is 12.2. The fraction of sp³-hybridized carbons (Fsp3) is 0.615. The maximum Gasteiger partial charge on any atom is 0.410 e. The number of halogens is 1. The number of carbonyl (C=O) groups excluding carboxylic acids is 1. The largest absolute Gasteiger partial charge is 0.444 e. The molecule has 2 rings (SSSR count). The van der Waals surface area contributed by atoms with Crippen LogP contribution >= 0.6 is 11.6 Å². The van der Waals surface area contributed by atoms with Crippen LogP contribution in [0, 0.1) is 0 Å². The Morgan fingerprint density at radius 1 is 1.47 bits per heavy atom. The summed E-state index contributed by atoms with van der Waals surface area (Å²) in [5.74, 6) is 0. The van der Waals surface area contributed by atoms with E-state index < -0.39 is 5.60 Å². The molecule has 0 fully saturated rings. The summed E-state index contributed by atoms with van der Waals surface area (Å²) in [7, 11) is 0. The smallest absolute Gasteiger partial charge is 0.410 e. The Labute approximate surface area is 117 Å². The van der Waals surface area contributed by atoms with Gasteiger partial charge in [-0.3, -0.25) is 0 Å². The molecule has 0 saturated heterocycles. The van der Waals surface area contributed by atoms with Crippen molar-refractivity contribution in [2.24, 2.45) is 0 Å². The molecule has 6 heteroatoms. The molecule has 1 aliphatic heterocycles. The number of fused-ring (bicyclic) bond motifs is 1. The van der Waals surface area contributed by atoms with Crippen LogP contribution in [0.15, 0.2) is 6.33 Å². The van der Waals surface area contributed by atoms with Gasteiger partial charge in [0.1, 0.15) is 17.1 Å². The van der Waals surface area contributed by atoms with Crippen molar-refractivity contribution in [3.05, 3.63) is 22.7 Å². The molecule has 2 heterocycles. The van der Waals surface area contributed by atoms with E-state index in [-0.39, 0.29) is 12.1 Å². The molecule has 0 bridgehead atoms. The van der Waals surface area contributed by atoms with Crippen LogP contribution in [0.4, 0.5) is 4.79 Å². The Morgan fingerprint density at radius 3 is 2.79 bits per heavy atom. The minimum Gasteiger partial charge on any atom is -0.444 e. The molecule has 19 heavy (non-hydrogen) atoms. The number of amides is 1. The summed E-state index contributed by atoms with van der Waals surface area (Å²) in [6, 6.07) is 0.0355. The molecule has 1 aromatic heterocycles. The summed E-state index contributed by atoms with van der Waals surface area (Å²) in [5.41, 5.74) is 1.22. The summed E-state index contributed by atoms with van der Waals surface area (Å²) in [6.07, 6.45) is 1.79. The maximum absolute atomic E-state index is 12.2. The Balaban J connectivity index is 2.21. The quantitative estimate of drug-likeness (QED) is 0.687.